The Morgan fingerprint density at radius 1 is 1.42 bits per heavy atom. The molecule has 0 spiro atoms. The minimum atomic E-state index is 0.0758. The van der Waals surface area contributed by atoms with Crippen LogP contribution in [0.1, 0.15) is 56.0 Å². The lowest BCUT2D eigenvalue weighted by Gasteiger charge is -2.08. The first kappa shape index (κ1) is 16.9. The maximum Gasteiger partial charge on any atom is 0.224 e. The van der Waals surface area contributed by atoms with Gasteiger partial charge in [-0.1, -0.05) is 38.1 Å². The summed E-state index contributed by atoms with van der Waals surface area (Å²) in [4.78, 5) is 12.4. The van der Waals surface area contributed by atoms with Crippen molar-refractivity contribution in [3.63, 3.8) is 0 Å². The van der Waals surface area contributed by atoms with Crippen molar-refractivity contribution < 1.29 is 4.79 Å². The van der Waals surface area contributed by atoms with E-state index in [1.807, 2.05) is 11.5 Å². The highest BCUT2D eigenvalue weighted by Crippen LogP contribution is 2.47. The average Bonchev–Trinajstić information content (AvgIpc) is 3.30. The third-order valence-electron chi connectivity index (χ3n) is 4.73. The number of aromatic amines is 1. The minimum Gasteiger partial charge on any atom is -0.349 e. The topological polar surface area (TPSA) is 62.7 Å². The van der Waals surface area contributed by atoms with E-state index in [-0.39, 0.29) is 11.8 Å². The van der Waals surface area contributed by atoms with Gasteiger partial charge in [-0.15, -0.1) is 0 Å². The molecule has 0 bridgehead atoms. The summed E-state index contributed by atoms with van der Waals surface area (Å²) in [5.74, 6) is 1.83. The Bertz CT molecular complexity index is 775. The van der Waals surface area contributed by atoms with Crippen LogP contribution in [0.2, 0.25) is 0 Å². The fraction of sp³-hybridized carbons (Fsp3) is 0.500. The van der Waals surface area contributed by atoms with Crippen LogP contribution in [0.15, 0.2) is 24.3 Å². The van der Waals surface area contributed by atoms with Crippen LogP contribution >= 0.6 is 12.2 Å². The van der Waals surface area contributed by atoms with E-state index in [4.69, 9.17) is 12.2 Å². The third kappa shape index (κ3) is 3.43. The van der Waals surface area contributed by atoms with E-state index in [2.05, 4.69) is 53.6 Å². The van der Waals surface area contributed by atoms with Gasteiger partial charge in [0.25, 0.3) is 0 Å². The van der Waals surface area contributed by atoms with Crippen molar-refractivity contribution in [3.05, 3.63) is 46.0 Å². The largest absolute Gasteiger partial charge is 0.349 e. The van der Waals surface area contributed by atoms with Crippen LogP contribution in [0.3, 0.4) is 0 Å². The average molecular weight is 344 g/mol. The van der Waals surface area contributed by atoms with Crippen LogP contribution in [0.4, 0.5) is 0 Å². The molecule has 2 atom stereocenters. The molecule has 1 aliphatic rings. The molecular formula is C18H24N4OS. The Morgan fingerprint density at radius 3 is 2.75 bits per heavy atom. The second-order valence-electron chi connectivity index (χ2n) is 6.68. The molecule has 5 nitrogen and oxygen atoms in total. The summed E-state index contributed by atoms with van der Waals surface area (Å²) in [7, 11) is 0. The van der Waals surface area contributed by atoms with Crippen LogP contribution in [-0.2, 0) is 17.9 Å². The fourth-order valence-corrected chi connectivity index (χ4v) is 3.37. The molecule has 1 aromatic carbocycles. The van der Waals surface area contributed by atoms with Crippen molar-refractivity contribution in [2.24, 2.45) is 5.92 Å². The van der Waals surface area contributed by atoms with Crippen molar-refractivity contribution in [2.75, 3.05) is 0 Å². The number of nitrogens with zero attached hydrogens (tertiary/aromatic N) is 2. The monoisotopic (exact) mass is 344 g/mol. The normalized spacial score (nSPS) is 19.5. The molecule has 0 aliphatic heterocycles. The molecular weight excluding hydrogens is 320 g/mol. The molecule has 2 aromatic rings. The molecule has 1 aliphatic carbocycles. The number of amides is 1. The first-order valence-electron chi connectivity index (χ1n) is 8.53. The Morgan fingerprint density at radius 2 is 2.12 bits per heavy atom. The smallest absolute Gasteiger partial charge is 0.224 e. The second-order valence-corrected chi connectivity index (χ2v) is 7.06. The van der Waals surface area contributed by atoms with Crippen LogP contribution < -0.4 is 5.32 Å². The number of rotatable bonds is 6. The number of benzene rings is 1. The molecule has 0 radical (unpaired) electrons. The van der Waals surface area contributed by atoms with Crippen LogP contribution in [0.25, 0.3) is 0 Å². The lowest BCUT2D eigenvalue weighted by Crippen LogP contribution is -2.26. The van der Waals surface area contributed by atoms with Crippen LogP contribution in [-0.4, -0.2) is 20.7 Å². The quantitative estimate of drug-likeness (QED) is 0.788. The SMILES string of the molecule is CCn1c(CNC(=O)[C@H]2C[C@H]2c2ccc(C(C)C)cc2)n[nH]c1=S. The number of hydrogen-bond acceptors (Lipinski definition) is 3. The molecule has 1 aromatic heterocycles. The highest BCUT2D eigenvalue weighted by atomic mass is 32.1. The van der Waals surface area contributed by atoms with Crippen molar-refractivity contribution in [2.45, 2.75) is 52.1 Å². The zero-order valence-electron chi connectivity index (χ0n) is 14.4. The predicted molar refractivity (Wildman–Crippen MR) is 96.3 cm³/mol. The van der Waals surface area contributed by atoms with Crippen LogP contribution in [0, 0.1) is 10.7 Å². The maximum absolute atomic E-state index is 12.4. The molecule has 3 rings (SSSR count). The summed E-state index contributed by atoms with van der Waals surface area (Å²) in [5.41, 5.74) is 2.60. The van der Waals surface area contributed by atoms with E-state index in [0.717, 1.165) is 18.8 Å². The Hall–Kier alpha value is -1.95. The molecule has 0 unspecified atom stereocenters. The van der Waals surface area contributed by atoms with Crippen molar-refractivity contribution in [1.82, 2.24) is 20.1 Å². The molecule has 1 heterocycles. The molecule has 0 saturated heterocycles. The summed E-state index contributed by atoms with van der Waals surface area (Å²) in [6.07, 6.45) is 0.924. The third-order valence-corrected chi connectivity index (χ3v) is 5.04. The highest BCUT2D eigenvalue weighted by molar-refractivity contribution is 7.71. The zero-order chi connectivity index (χ0) is 17.3. The molecule has 2 N–H and O–H groups in total. The maximum atomic E-state index is 12.4. The van der Waals surface area contributed by atoms with E-state index in [1.165, 1.54) is 11.1 Å². The van der Waals surface area contributed by atoms with Gasteiger partial charge in [-0.25, -0.2) is 0 Å². The van der Waals surface area contributed by atoms with Crippen molar-refractivity contribution in [3.8, 4) is 0 Å². The van der Waals surface area contributed by atoms with Gasteiger partial charge in [-0.3, -0.25) is 9.89 Å². The van der Waals surface area contributed by atoms with Crippen molar-refractivity contribution in [1.29, 1.82) is 0 Å². The molecule has 1 fully saturated rings. The Balaban J connectivity index is 1.56. The summed E-state index contributed by atoms with van der Waals surface area (Å²) >= 11 is 5.16. The molecule has 1 amide bonds. The number of nitrogens with one attached hydrogen (secondary N) is 2. The number of carbonyl (C=O) groups excluding carboxylic acids is 1. The number of H-pyrrole nitrogens is 1. The van der Waals surface area contributed by atoms with E-state index in [0.29, 0.717) is 23.2 Å². The van der Waals surface area contributed by atoms with Gasteiger partial charge in [-0.2, -0.15) is 5.10 Å². The molecule has 6 heteroatoms. The second kappa shape index (κ2) is 6.89. The van der Waals surface area contributed by atoms with E-state index >= 15 is 0 Å². The standard InChI is InChI=1S/C18H24N4OS/c1-4-22-16(20-21-18(22)24)10-19-17(23)15-9-14(15)13-7-5-12(6-8-13)11(2)3/h5-8,11,14-15H,4,9-10H2,1-3H3,(H,19,23)(H,21,24)/t14-,15-/m0/s1. The van der Waals surface area contributed by atoms with Crippen molar-refractivity contribution >= 4 is 18.1 Å². The molecule has 1 saturated carbocycles. The van der Waals surface area contributed by atoms with E-state index in [1.54, 1.807) is 0 Å². The highest BCUT2D eigenvalue weighted by Gasteiger charge is 2.43. The van der Waals surface area contributed by atoms with Gasteiger partial charge in [0.05, 0.1) is 6.54 Å². The van der Waals surface area contributed by atoms with Gasteiger partial charge in [0.2, 0.25) is 5.91 Å². The predicted octanol–water partition coefficient (Wildman–Crippen LogP) is 3.50. The Kier molecular flexibility index (Phi) is 4.85. The van der Waals surface area contributed by atoms with Gasteiger partial charge < -0.3 is 9.88 Å². The minimum absolute atomic E-state index is 0.0758. The lowest BCUT2D eigenvalue weighted by atomic mass is 10.00. The summed E-state index contributed by atoms with van der Waals surface area (Å²) in [6, 6.07) is 8.67. The van der Waals surface area contributed by atoms with E-state index in [9.17, 15) is 4.79 Å². The molecule has 24 heavy (non-hydrogen) atoms. The van der Waals surface area contributed by atoms with Gasteiger partial charge >= 0.3 is 0 Å². The van der Waals surface area contributed by atoms with Gasteiger partial charge in [0, 0.05) is 12.5 Å². The number of carbonyl (C=O) groups is 1. The summed E-state index contributed by atoms with van der Waals surface area (Å²) < 4.78 is 2.49. The Labute approximate surface area is 147 Å². The number of aromatic nitrogens is 3. The fourth-order valence-electron chi connectivity index (χ4n) is 3.09. The zero-order valence-corrected chi connectivity index (χ0v) is 15.2. The number of hydrogen-bond donors (Lipinski definition) is 2. The summed E-state index contributed by atoms with van der Waals surface area (Å²) in [6.45, 7) is 7.54. The van der Waals surface area contributed by atoms with Gasteiger partial charge in [0.1, 0.15) is 0 Å². The van der Waals surface area contributed by atoms with Crippen LogP contribution in [0.5, 0.6) is 0 Å². The molecule has 128 valence electrons. The summed E-state index contributed by atoms with van der Waals surface area (Å²) in [5, 5.41) is 9.93. The lowest BCUT2D eigenvalue weighted by molar-refractivity contribution is -0.122. The first-order valence-corrected chi connectivity index (χ1v) is 8.93. The first-order chi connectivity index (χ1) is 11.5. The van der Waals surface area contributed by atoms with E-state index < -0.39 is 0 Å². The van der Waals surface area contributed by atoms with Gasteiger partial charge in [-0.05, 0) is 48.5 Å². The van der Waals surface area contributed by atoms with Gasteiger partial charge in [0.15, 0.2) is 10.6 Å².